The van der Waals surface area contributed by atoms with Crippen molar-refractivity contribution in [3.8, 4) is 11.5 Å². The van der Waals surface area contributed by atoms with E-state index in [1.165, 1.54) is 24.3 Å². The van der Waals surface area contributed by atoms with E-state index >= 15 is 0 Å². The Bertz CT molecular complexity index is 1990. The van der Waals surface area contributed by atoms with Gasteiger partial charge in [0.2, 0.25) is 5.41 Å². The molecule has 48 heavy (non-hydrogen) atoms. The zero-order valence-corrected chi connectivity index (χ0v) is 25.4. The van der Waals surface area contributed by atoms with E-state index in [0.717, 1.165) is 24.7 Å². The number of amides is 4. The SMILES string of the molecule is CC(C)c1ccc(Oc2ccc(N3C(=O)c4ccc(C(c5ccc6c(c5)C(=O)N(C)C6=O)(C(F)(F)F)C(F)(F)F)cc4C3=O)cc2)cc1. The Kier molecular flexibility index (Phi) is 7.49. The molecule has 0 fully saturated rings. The number of carbonyl (C=O) groups excluding carboxylic acids is 4. The molecule has 2 heterocycles. The van der Waals surface area contributed by atoms with Crippen molar-refractivity contribution in [3.05, 3.63) is 124 Å². The van der Waals surface area contributed by atoms with Crippen LogP contribution < -0.4 is 9.64 Å². The number of ether oxygens (including phenoxy) is 1. The van der Waals surface area contributed by atoms with Gasteiger partial charge < -0.3 is 4.74 Å². The fraction of sp³-hybridized carbons (Fsp3) is 0.200. The smallest absolute Gasteiger partial charge is 0.411 e. The topological polar surface area (TPSA) is 84.0 Å². The molecule has 7 nitrogen and oxygen atoms in total. The summed E-state index contributed by atoms with van der Waals surface area (Å²) >= 11 is 0. The van der Waals surface area contributed by atoms with E-state index in [1.54, 1.807) is 12.1 Å². The van der Waals surface area contributed by atoms with Gasteiger partial charge in [0.05, 0.1) is 27.9 Å². The molecule has 4 amide bonds. The van der Waals surface area contributed by atoms with Crippen molar-refractivity contribution in [2.24, 2.45) is 0 Å². The van der Waals surface area contributed by atoms with Gasteiger partial charge in [-0.1, -0.05) is 38.1 Å². The minimum absolute atomic E-state index is 0.00841. The van der Waals surface area contributed by atoms with Gasteiger partial charge in [0.15, 0.2) is 0 Å². The van der Waals surface area contributed by atoms with Crippen molar-refractivity contribution in [2.45, 2.75) is 37.5 Å². The summed E-state index contributed by atoms with van der Waals surface area (Å²) in [5, 5.41) is 0. The number of imide groups is 2. The molecule has 0 spiro atoms. The Morgan fingerprint density at radius 1 is 0.562 bits per heavy atom. The van der Waals surface area contributed by atoms with Crippen LogP contribution in [0.15, 0.2) is 84.9 Å². The van der Waals surface area contributed by atoms with Crippen LogP contribution >= 0.6 is 0 Å². The highest BCUT2D eigenvalue weighted by atomic mass is 19.4. The highest BCUT2D eigenvalue weighted by molar-refractivity contribution is 6.34. The molecule has 2 aliphatic heterocycles. The number of fused-ring (bicyclic) bond motifs is 2. The maximum absolute atomic E-state index is 14.9. The van der Waals surface area contributed by atoms with Gasteiger partial charge >= 0.3 is 12.4 Å². The molecule has 0 aromatic heterocycles. The van der Waals surface area contributed by atoms with Crippen molar-refractivity contribution in [1.29, 1.82) is 0 Å². The molecule has 0 radical (unpaired) electrons. The third-order valence-corrected chi connectivity index (χ3v) is 8.57. The molecule has 13 heteroatoms. The van der Waals surface area contributed by atoms with Gasteiger partial charge in [-0.15, -0.1) is 0 Å². The summed E-state index contributed by atoms with van der Waals surface area (Å²) in [6, 6.07) is 16.2. The first-order chi connectivity index (χ1) is 22.5. The Labute approximate surface area is 269 Å². The van der Waals surface area contributed by atoms with Crippen LogP contribution in [0, 0.1) is 0 Å². The van der Waals surface area contributed by atoms with Crippen LogP contribution in [0.4, 0.5) is 32.0 Å². The lowest BCUT2D eigenvalue weighted by Crippen LogP contribution is -2.55. The van der Waals surface area contributed by atoms with E-state index in [2.05, 4.69) is 0 Å². The highest BCUT2D eigenvalue weighted by Crippen LogP contribution is 2.57. The lowest BCUT2D eigenvalue weighted by atomic mass is 9.71. The summed E-state index contributed by atoms with van der Waals surface area (Å²) in [6.07, 6.45) is -12.1. The van der Waals surface area contributed by atoms with E-state index in [4.69, 9.17) is 4.74 Å². The van der Waals surface area contributed by atoms with Crippen LogP contribution in [0.25, 0.3) is 0 Å². The fourth-order valence-electron chi connectivity index (χ4n) is 6.01. The molecule has 4 aromatic carbocycles. The predicted molar refractivity (Wildman–Crippen MR) is 160 cm³/mol. The zero-order valence-electron chi connectivity index (χ0n) is 25.4. The van der Waals surface area contributed by atoms with Gasteiger partial charge in [-0.3, -0.25) is 24.1 Å². The lowest BCUT2D eigenvalue weighted by molar-refractivity contribution is -0.288. The summed E-state index contributed by atoms with van der Waals surface area (Å²) in [4.78, 5) is 52.8. The number of halogens is 6. The number of benzene rings is 4. The zero-order chi connectivity index (χ0) is 34.9. The molecule has 0 saturated heterocycles. The number of nitrogens with zero attached hydrogens (tertiary/aromatic N) is 2. The van der Waals surface area contributed by atoms with Crippen molar-refractivity contribution in [3.63, 3.8) is 0 Å². The normalized spacial score (nSPS) is 15.0. The lowest BCUT2D eigenvalue weighted by Gasteiger charge is -2.38. The van der Waals surface area contributed by atoms with Crippen molar-refractivity contribution < 1.29 is 50.3 Å². The van der Waals surface area contributed by atoms with Crippen molar-refractivity contribution >= 4 is 29.3 Å². The first-order valence-electron chi connectivity index (χ1n) is 14.5. The Morgan fingerprint density at radius 2 is 0.979 bits per heavy atom. The van der Waals surface area contributed by atoms with Crippen LogP contribution in [0.2, 0.25) is 0 Å². The maximum atomic E-state index is 14.9. The van der Waals surface area contributed by atoms with Crippen LogP contribution in [-0.2, 0) is 5.41 Å². The molecule has 2 aliphatic rings. The number of hydrogen-bond acceptors (Lipinski definition) is 5. The van der Waals surface area contributed by atoms with Gasteiger partial charge in [-0.05, 0) is 83.3 Å². The average Bonchev–Trinajstić information content (AvgIpc) is 3.40. The predicted octanol–water partition coefficient (Wildman–Crippen LogP) is 8.04. The molecule has 4 aromatic rings. The third-order valence-electron chi connectivity index (χ3n) is 8.57. The summed E-state index contributed by atoms with van der Waals surface area (Å²) in [5.41, 5.74) is -8.47. The fourth-order valence-corrected chi connectivity index (χ4v) is 6.01. The van der Waals surface area contributed by atoms with Gasteiger partial charge in [-0.2, -0.15) is 26.3 Å². The highest BCUT2D eigenvalue weighted by Gasteiger charge is 2.73. The molecular weight excluding hydrogens is 642 g/mol. The van der Waals surface area contributed by atoms with E-state index in [9.17, 15) is 45.5 Å². The second-order valence-electron chi connectivity index (χ2n) is 11.7. The van der Waals surface area contributed by atoms with Gasteiger partial charge in [0, 0.05) is 7.05 Å². The summed E-state index contributed by atoms with van der Waals surface area (Å²) in [7, 11) is 1.05. The monoisotopic (exact) mass is 666 g/mol. The summed E-state index contributed by atoms with van der Waals surface area (Å²) in [6.45, 7) is 4.08. The Morgan fingerprint density at radius 3 is 1.46 bits per heavy atom. The minimum Gasteiger partial charge on any atom is -0.457 e. The Balaban J connectivity index is 1.38. The molecule has 0 aliphatic carbocycles. The van der Waals surface area contributed by atoms with E-state index in [-0.39, 0.29) is 11.3 Å². The van der Waals surface area contributed by atoms with Crippen molar-refractivity contribution in [2.75, 3.05) is 11.9 Å². The first-order valence-corrected chi connectivity index (χ1v) is 14.5. The Hall–Kier alpha value is -5.46. The molecule has 246 valence electrons. The maximum Gasteiger partial charge on any atom is 0.411 e. The number of anilines is 1. The van der Waals surface area contributed by atoms with Crippen LogP contribution in [0.5, 0.6) is 11.5 Å². The molecule has 0 atom stereocenters. The summed E-state index contributed by atoms with van der Waals surface area (Å²) < 4.78 is 95.2. The largest absolute Gasteiger partial charge is 0.457 e. The van der Waals surface area contributed by atoms with Gasteiger partial charge in [-0.25, -0.2) is 4.90 Å². The van der Waals surface area contributed by atoms with Gasteiger partial charge in [0.25, 0.3) is 23.6 Å². The molecule has 0 bridgehead atoms. The minimum atomic E-state index is -6.05. The number of rotatable bonds is 6. The third kappa shape index (κ3) is 4.83. The number of carbonyl (C=O) groups is 4. The second-order valence-corrected chi connectivity index (χ2v) is 11.7. The van der Waals surface area contributed by atoms with Crippen LogP contribution in [0.3, 0.4) is 0 Å². The first kappa shape index (κ1) is 32.5. The van der Waals surface area contributed by atoms with Crippen LogP contribution in [-0.4, -0.2) is 47.9 Å². The van der Waals surface area contributed by atoms with Gasteiger partial charge in [0.1, 0.15) is 11.5 Å². The molecule has 0 N–H and O–H groups in total. The molecule has 6 rings (SSSR count). The summed E-state index contributed by atoms with van der Waals surface area (Å²) in [5.74, 6) is -2.86. The molecule has 0 saturated carbocycles. The number of alkyl halides is 6. The quantitative estimate of drug-likeness (QED) is 0.154. The standard InChI is InChI=1S/C35H24F6N2O5/c1-18(2)19-4-10-23(11-5-19)48-24-12-8-22(9-13-24)43-31(46)26-15-7-21(17-28(26)32(43)47)33(34(36,37)38,35(39,40)41)20-6-14-25-27(16-20)30(45)42(3)29(25)44/h4-18H,1-3H3. The van der Waals surface area contributed by atoms with E-state index in [0.29, 0.717) is 51.5 Å². The number of hydrogen-bond donors (Lipinski definition) is 0. The van der Waals surface area contributed by atoms with Crippen molar-refractivity contribution in [1.82, 2.24) is 4.90 Å². The van der Waals surface area contributed by atoms with Crippen LogP contribution in [0.1, 0.15) is 77.9 Å². The van der Waals surface area contributed by atoms with E-state index < -0.39 is 69.2 Å². The van der Waals surface area contributed by atoms with E-state index in [1.807, 2.05) is 26.0 Å². The molecule has 0 unspecified atom stereocenters. The second kappa shape index (κ2) is 11.1. The average molecular weight is 667 g/mol. The molecular formula is C35H24F6N2O5.